The van der Waals surface area contributed by atoms with Crippen LogP contribution in [0.15, 0.2) is 71.6 Å². The lowest BCUT2D eigenvalue weighted by Crippen LogP contribution is -2.13. The van der Waals surface area contributed by atoms with Gasteiger partial charge in [0.2, 0.25) is 0 Å². The Balaban J connectivity index is 1.96. The molecule has 30 heavy (non-hydrogen) atoms. The summed E-state index contributed by atoms with van der Waals surface area (Å²) in [5.74, 6) is 0.964. The monoisotopic (exact) mass is 429 g/mol. The quantitative estimate of drug-likeness (QED) is 0.407. The number of nitro groups is 1. The molecule has 0 aliphatic heterocycles. The summed E-state index contributed by atoms with van der Waals surface area (Å²) in [4.78, 5) is 10.7. The van der Waals surface area contributed by atoms with Gasteiger partial charge < -0.3 is 14.8 Å². The molecule has 0 saturated carbocycles. The molecule has 0 saturated heterocycles. The molecule has 0 atom stereocenters. The van der Waals surface area contributed by atoms with Crippen molar-refractivity contribution >= 4 is 32.8 Å². The highest BCUT2D eigenvalue weighted by atomic mass is 32.2. The van der Waals surface area contributed by atoms with E-state index in [0.29, 0.717) is 22.9 Å². The van der Waals surface area contributed by atoms with Crippen LogP contribution in [0.5, 0.6) is 11.5 Å². The van der Waals surface area contributed by atoms with Crippen molar-refractivity contribution in [3.63, 3.8) is 0 Å². The number of benzene rings is 3. The number of nitrogens with one attached hydrogen (secondary N) is 2. The average molecular weight is 429 g/mol. The maximum Gasteiger partial charge on any atom is 0.294 e. The fourth-order valence-electron chi connectivity index (χ4n) is 2.70. The Kier molecular flexibility index (Phi) is 6.07. The van der Waals surface area contributed by atoms with Gasteiger partial charge in [-0.3, -0.25) is 14.8 Å². The Labute approximate surface area is 173 Å². The second-order valence-corrected chi connectivity index (χ2v) is 7.78. The van der Waals surface area contributed by atoms with E-state index in [1.807, 2.05) is 0 Å². The second-order valence-electron chi connectivity index (χ2n) is 6.10. The van der Waals surface area contributed by atoms with E-state index >= 15 is 0 Å². The lowest BCUT2D eigenvalue weighted by atomic mass is 10.2. The summed E-state index contributed by atoms with van der Waals surface area (Å²) in [7, 11) is -1.04. The van der Waals surface area contributed by atoms with Crippen molar-refractivity contribution in [2.45, 2.75) is 4.90 Å². The van der Waals surface area contributed by atoms with Crippen LogP contribution in [0.4, 0.5) is 22.7 Å². The van der Waals surface area contributed by atoms with Crippen LogP contribution in [0.3, 0.4) is 0 Å². The van der Waals surface area contributed by atoms with Crippen LogP contribution < -0.4 is 19.5 Å². The number of nitro benzene ring substituents is 1. The van der Waals surface area contributed by atoms with Crippen LogP contribution in [0.2, 0.25) is 0 Å². The van der Waals surface area contributed by atoms with Crippen LogP contribution in [-0.2, 0) is 10.0 Å². The minimum atomic E-state index is -4.00. The summed E-state index contributed by atoms with van der Waals surface area (Å²) in [6, 6.07) is 16.8. The van der Waals surface area contributed by atoms with E-state index in [-0.39, 0.29) is 10.6 Å². The molecule has 0 spiro atoms. The lowest BCUT2D eigenvalue weighted by Gasteiger charge is -2.14. The van der Waals surface area contributed by atoms with Crippen molar-refractivity contribution in [3.05, 3.63) is 76.8 Å². The van der Waals surface area contributed by atoms with Crippen LogP contribution in [0.1, 0.15) is 0 Å². The molecule has 0 aromatic heterocycles. The molecule has 0 aliphatic carbocycles. The first-order valence-corrected chi connectivity index (χ1v) is 10.2. The molecule has 2 N–H and O–H groups in total. The molecule has 3 aromatic carbocycles. The molecule has 3 rings (SSSR count). The Hall–Kier alpha value is -3.79. The number of rotatable bonds is 8. The SMILES string of the molecule is COc1ccc(Nc2ccc(S(=O)(=O)Nc3ccccc3)cc2[N+](=O)[O-])c(OC)c1. The van der Waals surface area contributed by atoms with Gasteiger partial charge in [0.1, 0.15) is 17.2 Å². The van der Waals surface area contributed by atoms with E-state index in [2.05, 4.69) is 10.0 Å². The summed E-state index contributed by atoms with van der Waals surface area (Å²) >= 11 is 0. The predicted molar refractivity (Wildman–Crippen MR) is 113 cm³/mol. The van der Waals surface area contributed by atoms with Gasteiger partial charge in [0.25, 0.3) is 15.7 Å². The number of methoxy groups -OCH3 is 2. The van der Waals surface area contributed by atoms with Gasteiger partial charge in [-0.15, -0.1) is 0 Å². The molecule has 0 bridgehead atoms. The Morgan fingerprint density at radius 3 is 2.23 bits per heavy atom. The van der Waals surface area contributed by atoms with Crippen molar-refractivity contribution in [1.29, 1.82) is 0 Å². The van der Waals surface area contributed by atoms with Crippen molar-refractivity contribution < 1.29 is 22.8 Å². The third kappa shape index (κ3) is 4.61. The van der Waals surface area contributed by atoms with Gasteiger partial charge in [0, 0.05) is 17.8 Å². The third-order valence-corrected chi connectivity index (χ3v) is 5.56. The van der Waals surface area contributed by atoms with E-state index in [1.54, 1.807) is 48.5 Å². The minimum absolute atomic E-state index is 0.113. The summed E-state index contributed by atoms with van der Waals surface area (Å²) in [5.41, 5.74) is 0.524. The topological polar surface area (TPSA) is 120 Å². The fraction of sp³-hybridized carbons (Fsp3) is 0.100. The molecule has 0 aliphatic rings. The lowest BCUT2D eigenvalue weighted by molar-refractivity contribution is -0.384. The van der Waals surface area contributed by atoms with Crippen LogP contribution in [-0.4, -0.2) is 27.6 Å². The molecule has 0 heterocycles. The zero-order valence-corrected chi connectivity index (χ0v) is 17.0. The molecule has 10 heteroatoms. The first-order valence-electron chi connectivity index (χ1n) is 8.69. The number of hydrogen-bond donors (Lipinski definition) is 2. The first-order chi connectivity index (χ1) is 14.3. The molecule has 0 unspecified atom stereocenters. The van der Waals surface area contributed by atoms with Gasteiger partial charge in [-0.2, -0.15) is 0 Å². The van der Waals surface area contributed by atoms with Crippen molar-refractivity contribution in [1.82, 2.24) is 0 Å². The van der Waals surface area contributed by atoms with Crippen LogP contribution in [0.25, 0.3) is 0 Å². The van der Waals surface area contributed by atoms with E-state index in [0.717, 1.165) is 6.07 Å². The second kappa shape index (κ2) is 8.70. The van der Waals surface area contributed by atoms with Gasteiger partial charge in [-0.1, -0.05) is 18.2 Å². The largest absolute Gasteiger partial charge is 0.497 e. The van der Waals surface area contributed by atoms with Gasteiger partial charge in [-0.25, -0.2) is 8.42 Å². The highest BCUT2D eigenvalue weighted by Crippen LogP contribution is 2.35. The maximum atomic E-state index is 12.6. The Morgan fingerprint density at radius 2 is 1.60 bits per heavy atom. The molecule has 156 valence electrons. The highest BCUT2D eigenvalue weighted by Gasteiger charge is 2.22. The van der Waals surface area contributed by atoms with Gasteiger partial charge >= 0.3 is 0 Å². The summed E-state index contributed by atoms with van der Waals surface area (Å²) < 4.78 is 38.1. The smallest absolute Gasteiger partial charge is 0.294 e. The van der Waals surface area contributed by atoms with E-state index in [4.69, 9.17) is 9.47 Å². The number of nitrogens with zero attached hydrogens (tertiary/aromatic N) is 1. The summed E-state index contributed by atoms with van der Waals surface area (Å²) in [5, 5.41) is 14.5. The van der Waals surface area contributed by atoms with Gasteiger partial charge in [0.05, 0.1) is 29.7 Å². The summed E-state index contributed by atoms with van der Waals surface area (Å²) in [6.07, 6.45) is 0. The number of sulfonamides is 1. The molecule has 0 fully saturated rings. The number of anilines is 3. The zero-order chi connectivity index (χ0) is 21.7. The zero-order valence-electron chi connectivity index (χ0n) is 16.2. The van der Waals surface area contributed by atoms with Crippen LogP contribution >= 0.6 is 0 Å². The summed E-state index contributed by atoms with van der Waals surface area (Å²) in [6.45, 7) is 0. The van der Waals surface area contributed by atoms with E-state index in [9.17, 15) is 18.5 Å². The van der Waals surface area contributed by atoms with Gasteiger partial charge in [-0.05, 0) is 36.4 Å². The van der Waals surface area contributed by atoms with Crippen molar-refractivity contribution in [3.8, 4) is 11.5 Å². The maximum absolute atomic E-state index is 12.6. The number of ether oxygens (including phenoxy) is 2. The van der Waals surface area contributed by atoms with Crippen LogP contribution in [0, 0.1) is 10.1 Å². The van der Waals surface area contributed by atoms with Crippen molar-refractivity contribution in [2.24, 2.45) is 0 Å². The highest BCUT2D eigenvalue weighted by molar-refractivity contribution is 7.92. The predicted octanol–water partition coefficient (Wildman–Crippen LogP) is 4.16. The molecule has 0 amide bonds. The molecule has 0 radical (unpaired) electrons. The first kappa shape index (κ1) is 20.9. The molecule has 3 aromatic rings. The molecular formula is C20H19N3O6S. The van der Waals surface area contributed by atoms with E-state index in [1.165, 1.54) is 26.4 Å². The Morgan fingerprint density at radius 1 is 0.900 bits per heavy atom. The normalized spacial score (nSPS) is 10.9. The Bertz CT molecular complexity index is 1170. The van der Waals surface area contributed by atoms with Crippen molar-refractivity contribution in [2.75, 3.05) is 24.3 Å². The average Bonchev–Trinajstić information content (AvgIpc) is 2.74. The van der Waals surface area contributed by atoms with Gasteiger partial charge in [0.15, 0.2) is 0 Å². The minimum Gasteiger partial charge on any atom is -0.497 e. The number of para-hydroxylation sites is 1. The molecule has 9 nitrogen and oxygen atoms in total. The third-order valence-electron chi connectivity index (χ3n) is 4.18. The fourth-order valence-corrected chi connectivity index (χ4v) is 3.78. The molecular weight excluding hydrogens is 410 g/mol. The number of hydrogen-bond acceptors (Lipinski definition) is 7. The standard InChI is InChI=1S/C20H19N3O6S/c1-28-15-8-10-18(20(12-15)29-2)21-17-11-9-16(13-19(17)23(24)25)30(26,27)22-14-6-4-3-5-7-14/h3-13,21-22H,1-2H3. The van der Waals surface area contributed by atoms with E-state index < -0.39 is 20.6 Å².